The van der Waals surface area contributed by atoms with Crippen LogP contribution < -0.4 is 27.4 Å². The number of carboxylic acid groups (broad SMARTS) is 2. The number of rotatable bonds is 14. The molecular formula is C17H30N6O7. The van der Waals surface area contributed by atoms with Crippen molar-refractivity contribution in [3.8, 4) is 0 Å². The fourth-order valence-electron chi connectivity index (χ4n) is 2.27. The predicted octanol–water partition coefficient (Wildman–Crippen LogP) is -2.27. The first kappa shape index (κ1) is 26.6. The number of unbranched alkanes of at least 4 members (excludes halogenated alkanes) is 1. The molecule has 0 fully saturated rings. The van der Waals surface area contributed by atoms with E-state index in [1.54, 1.807) is 13.8 Å². The van der Waals surface area contributed by atoms with Crippen molar-refractivity contribution < 1.29 is 34.2 Å². The SMILES string of the molecule is CC(C)C(NC(=O)C(CC(=O)O)NC(=O)CNC(=O)CCCCN=C(N)N)C(=O)O. The number of nitrogens with zero attached hydrogens (tertiary/aromatic N) is 1. The summed E-state index contributed by atoms with van der Waals surface area (Å²) in [6, 6.07) is -2.74. The van der Waals surface area contributed by atoms with Crippen molar-refractivity contribution in [2.24, 2.45) is 22.4 Å². The summed E-state index contributed by atoms with van der Waals surface area (Å²) in [5.74, 6) is -5.31. The van der Waals surface area contributed by atoms with Crippen LogP contribution in [-0.2, 0) is 24.0 Å². The molecule has 0 saturated heterocycles. The summed E-state index contributed by atoms with van der Waals surface area (Å²) in [5, 5.41) is 24.8. The van der Waals surface area contributed by atoms with Gasteiger partial charge in [0.2, 0.25) is 17.7 Å². The number of nitrogens with two attached hydrogens (primary N) is 2. The first-order valence-corrected chi connectivity index (χ1v) is 9.30. The van der Waals surface area contributed by atoms with Crippen molar-refractivity contribution in [3.05, 3.63) is 0 Å². The van der Waals surface area contributed by atoms with Gasteiger partial charge in [0.15, 0.2) is 5.96 Å². The Bertz CT molecular complexity index is 661. The molecule has 0 bridgehead atoms. The van der Waals surface area contributed by atoms with Gasteiger partial charge in [0.05, 0.1) is 13.0 Å². The molecule has 170 valence electrons. The van der Waals surface area contributed by atoms with E-state index in [1.807, 2.05) is 0 Å². The fraction of sp³-hybridized carbons (Fsp3) is 0.647. The number of guanidine groups is 1. The average molecular weight is 430 g/mol. The molecule has 0 saturated carbocycles. The van der Waals surface area contributed by atoms with E-state index in [2.05, 4.69) is 20.9 Å². The molecule has 2 unspecified atom stereocenters. The van der Waals surface area contributed by atoms with Crippen molar-refractivity contribution in [1.82, 2.24) is 16.0 Å². The van der Waals surface area contributed by atoms with E-state index < -0.39 is 60.6 Å². The number of carboxylic acids is 2. The van der Waals surface area contributed by atoms with Crippen molar-refractivity contribution in [2.45, 2.75) is 51.6 Å². The zero-order chi connectivity index (χ0) is 23.3. The highest BCUT2D eigenvalue weighted by molar-refractivity contribution is 5.94. The summed E-state index contributed by atoms with van der Waals surface area (Å²) < 4.78 is 0. The van der Waals surface area contributed by atoms with E-state index in [4.69, 9.17) is 21.7 Å². The Balaban J connectivity index is 4.61. The summed E-state index contributed by atoms with van der Waals surface area (Å²) in [6.45, 7) is 3.03. The molecule has 0 aromatic heterocycles. The predicted molar refractivity (Wildman–Crippen MR) is 106 cm³/mol. The topological polar surface area (TPSA) is 226 Å². The van der Waals surface area contributed by atoms with Gasteiger partial charge in [-0.3, -0.25) is 24.2 Å². The lowest BCUT2D eigenvalue weighted by molar-refractivity contribution is -0.144. The molecule has 0 aromatic carbocycles. The first-order chi connectivity index (χ1) is 13.9. The Morgan fingerprint density at radius 3 is 2.10 bits per heavy atom. The molecule has 0 aliphatic heterocycles. The van der Waals surface area contributed by atoms with Crippen LogP contribution in [0, 0.1) is 5.92 Å². The third-order valence-electron chi connectivity index (χ3n) is 3.81. The highest BCUT2D eigenvalue weighted by atomic mass is 16.4. The highest BCUT2D eigenvalue weighted by Gasteiger charge is 2.29. The van der Waals surface area contributed by atoms with E-state index in [9.17, 15) is 24.0 Å². The molecule has 3 amide bonds. The Kier molecular flexibility index (Phi) is 12.2. The molecule has 0 heterocycles. The van der Waals surface area contributed by atoms with Crippen LogP contribution >= 0.6 is 0 Å². The second kappa shape index (κ2) is 13.7. The average Bonchev–Trinajstić information content (AvgIpc) is 2.62. The highest BCUT2D eigenvalue weighted by Crippen LogP contribution is 2.03. The quantitative estimate of drug-likeness (QED) is 0.0894. The number of hydrogen-bond acceptors (Lipinski definition) is 6. The van der Waals surface area contributed by atoms with Gasteiger partial charge in [0, 0.05) is 13.0 Å². The number of carbonyl (C=O) groups is 5. The van der Waals surface area contributed by atoms with Gasteiger partial charge in [-0.15, -0.1) is 0 Å². The molecule has 9 N–H and O–H groups in total. The minimum atomic E-state index is -1.49. The van der Waals surface area contributed by atoms with Crippen LogP contribution in [0.15, 0.2) is 4.99 Å². The zero-order valence-electron chi connectivity index (χ0n) is 17.0. The normalized spacial score (nSPS) is 12.4. The monoisotopic (exact) mass is 430 g/mol. The van der Waals surface area contributed by atoms with Gasteiger partial charge in [-0.05, 0) is 18.8 Å². The standard InChI is InChI=1S/C17H30N6O7/c1-9(2)14(16(29)30)23-15(28)10(7-13(26)27)22-12(25)8-21-11(24)5-3-4-6-20-17(18)19/h9-10,14H,3-8H2,1-2H3,(H,21,24)(H,22,25)(H,23,28)(H,26,27)(H,29,30)(H4,18,19,20). The Labute approximate surface area is 173 Å². The van der Waals surface area contributed by atoms with Crippen LogP contribution in [0.5, 0.6) is 0 Å². The van der Waals surface area contributed by atoms with Crippen molar-refractivity contribution >= 4 is 35.6 Å². The second-order valence-corrected chi connectivity index (χ2v) is 6.83. The van der Waals surface area contributed by atoms with Crippen molar-refractivity contribution in [2.75, 3.05) is 13.1 Å². The maximum atomic E-state index is 12.3. The van der Waals surface area contributed by atoms with E-state index in [0.29, 0.717) is 19.4 Å². The number of hydrogen-bond donors (Lipinski definition) is 7. The molecule has 0 aromatic rings. The van der Waals surface area contributed by atoms with Crippen LogP contribution in [0.1, 0.15) is 39.5 Å². The number of aliphatic carboxylic acids is 2. The summed E-state index contributed by atoms with van der Waals surface area (Å²) in [5.41, 5.74) is 10.3. The van der Waals surface area contributed by atoms with Crippen LogP contribution in [0.2, 0.25) is 0 Å². The Hall–Kier alpha value is -3.38. The molecule has 0 aliphatic carbocycles. The van der Waals surface area contributed by atoms with Gasteiger partial charge < -0.3 is 37.6 Å². The lowest BCUT2D eigenvalue weighted by atomic mass is 10.0. The van der Waals surface area contributed by atoms with E-state index in [-0.39, 0.29) is 12.4 Å². The fourth-order valence-corrected chi connectivity index (χ4v) is 2.27. The summed E-state index contributed by atoms with van der Waals surface area (Å²) >= 11 is 0. The smallest absolute Gasteiger partial charge is 0.326 e. The van der Waals surface area contributed by atoms with E-state index in [0.717, 1.165) is 0 Å². The summed E-state index contributed by atoms with van der Waals surface area (Å²) in [6.07, 6.45) is 0.431. The van der Waals surface area contributed by atoms with Gasteiger partial charge in [-0.1, -0.05) is 13.8 Å². The van der Waals surface area contributed by atoms with Gasteiger partial charge in [0.1, 0.15) is 12.1 Å². The van der Waals surface area contributed by atoms with Gasteiger partial charge >= 0.3 is 11.9 Å². The van der Waals surface area contributed by atoms with Crippen molar-refractivity contribution in [3.63, 3.8) is 0 Å². The molecule has 2 atom stereocenters. The van der Waals surface area contributed by atoms with Crippen LogP contribution in [0.3, 0.4) is 0 Å². The number of carbonyl (C=O) groups excluding carboxylic acids is 3. The molecule has 30 heavy (non-hydrogen) atoms. The molecule has 13 heteroatoms. The van der Waals surface area contributed by atoms with Crippen LogP contribution in [0.25, 0.3) is 0 Å². The summed E-state index contributed by atoms with van der Waals surface area (Å²) in [7, 11) is 0. The third-order valence-corrected chi connectivity index (χ3v) is 3.81. The molecule has 0 spiro atoms. The number of amides is 3. The second-order valence-electron chi connectivity index (χ2n) is 6.83. The largest absolute Gasteiger partial charge is 0.481 e. The lowest BCUT2D eigenvalue weighted by Gasteiger charge is -2.22. The van der Waals surface area contributed by atoms with E-state index >= 15 is 0 Å². The Morgan fingerprint density at radius 1 is 0.967 bits per heavy atom. The van der Waals surface area contributed by atoms with E-state index in [1.165, 1.54) is 0 Å². The first-order valence-electron chi connectivity index (χ1n) is 9.30. The zero-order valence-corrected chi connectivity index (χ0v) is 17.0. The summed E-state index contributed by atoms with van der Waals surface area (Å²) in [4.78, 5) is 61.9. The lowest BCUT2D eigenvalue weighted by Crippen LogP contribution is -2.54. The maximum Gasteiger partial charge on any atom is 0.326 e. The minimum absolute atomic E-state index is 0.0425. The van der Waals surface area contributed by atoms with Gasteiger partial charge in [0.25, 0.3) is 0 Å². The Morgan fingerprint density at radius 2 is 1.60 bits per heavy atom. The van der Waals surface area contributed by atoms with Gasteiger partial charge in [-0.2, -0.15) is 0 Å². The molecule has 0 rings (SSSR count). The molecule has 0 radical (unpaired) electrons. The van der Waals surface area contributed by atoms with Crippen LogP contribution in [0.4, 0.5) is 0 Å². The van der Waals surface area contributed by atoms with Crippen molar-refractivity contribution in [1.29, 1.82) is 0 Å². The molecule has 13 nitrogen and oxygen atoms in total. The third kappa shape index (κ3) is 12.2. The minimum Gasteiger partial charge on any atom is -0.481 e. The molecular weight excluding hydrogens is 400 g/mol. The maximum absolute atomic E-state index is 12.3. The number of nitrogens with one attached hydrogen (secondary N) is 3. The van der Waals surface area contributed by atoms with Gasteiger partial charge in [-0.25, -0.2) is 4.79 Å². The number of aliphatic imine (C=N–C) groups is 1. The van der Waals surface area contributed by atoms with Crippen LogP contribution in [-0.4, -0.2) is 71.0 Å². The molecule has 0 aliphatic rings.